The molecule has 38 heavy (non-hydrogen) atoms. The van der Waals surface area contributed by atoms with Crippen LogP contribution >= 0.6 is 0 Å². The molecule has 4 rings (SSSR count). The number of rotatable bonds is 9. The van der Waals surface area contributed by atoms with Crippen LogP contribution in [0.15, 0.2) is 42.5 Å². The van der Waals surface area contributed by atoms with Crippen LogP contribution in [0.2, 0.25) is 0 Å². The number of piperazine rings is 1. The average Bonchev–Trinajstić information content (AvgIpc) is 2.93. The average molecular weight is 524 g/mol. The molecular weight excluding hydrogens is 486 g/mol. The minimum Gasteiger partial charge on any atom is -0.493 e. The Morgan fingerprint density at radius 1 is 1.03 bits per heavy atom. The molecule has 0 aliphatic carbocycles. The van der Waals surface area contributed by atoms with Gasteiger partial charge < -0.3 is 34.4 Å². The number of ether oxygens (including phenoxy) is 3. The number of methoxy groups -OCH3 is 2. The Labute approximate surface area is 223 Å². The van der Waals surface area contributed by atoms with Crippen LogP contribution < -0.4 is 24.4 Å². The molecule has 10 nitrogen and oxygen atoms in total. The number of nitrogens with one attached hydrogen (secondary N) is 1. The van der Waals surface area contributed by atoms with Crippen LogP contribution in [-0.4, -0.2) is 91.1 Å². The third-order valence-corrected chi connectivity index (χ3v) is 6.31. The van der Waals surface area contributed by atoms with Gasteiger partial charge in [0.1, 0.15) is 12.7 Å². The second kappa shape index (κ2) is 11.8. The van der Waals surface area contributed by atoms with Gasteiger partial charge in [-0.2, -0.15) is 4.98 Å². The maximum atomic E-state index is 12.9. The lowest BCUT2D eigenvalue weighted by atomic mass is 10.1. The van der Waals surface area contributed by atoms with Crippen molar-refractivity contribution in [3.05, 3.63) is 48.0 Å². The lowest BCUT2D eigenvalue weighted by Crippen LogP contribution is -2.49. The highest BCUT2D eigenvalue weighted by molar-refractivity contribution is 5.94. The molecule has 1 unspecified atom stereocenters. The van der Waals surface area contributed by atoms with E-state index in [9.17, 15) is 9.90 Å². The molecule has 1 fully saturated rings. The number of amides is 1. The number of hydrogen-bond acceptors (Lipinski definition) is 9. The van der Waals surface area contributed by atoms with Crippen LogP contribution in [-0.2, 0) is 0 Å². The molecule has 0 bridgehead atoms. The summed E-state index contributed by atoms with van der Waals surface area (Å²) in [5.41, 5.74) is 1.19. The van der Waals surface area contributed by atoms with Gasteiger partial charge in [0.05, 0.1) is 25.1 Å². The standard InChI is InChI=1S/C28H37N5O5/c1-28(2,3)29-17-20(34)18-38-25-21-15-23(36-4)24(37-5)16-22(21)30-27(31-25)33-13-11-32(12-14-33)26(35)19-9-7-6-8-10-19/h6-10,15-16,20,29,34H,11-14,17-18H2,1-5H3. The number of carbonyl (C=O) groups excluding carboxylic acids is 1. The lowest BCUT2D eigenvalue weighted by Gasteiger charge is -2.35. The van der Waals surface area contributed by atoms with Gasteiger partial charge in [0.2, 0.25) is 11.8 Å². The fourth-order valence-corrected chi connectivity index (χ4v) is 4.20. The van der Waals surface area contributed by atoms with Crippen LogP contribution in [0, 0.1) is 0 Å². The number of aliphatic hydroxyl groups is 1. The quantitative estimate of drug-likeness (QED) is 0.438. The summed E-state index contributed by atoms with van der Waals surface area (Å²) >= 11 is 0. The first-order valence-corrected chi connectivity index (χ1v) is 12.8. The number of nitrogens with zero attached hydrogens (tertiary/aromatic N) is 4. The summed E-state index contributed by atoms with van der Waals surface area (Å²) in [5, 5.41) is 14.4. The molecule has 1 saturated heterocycles. The third kappa shape index (κ3) is 6.62. The normalized spacial score (nSPS) is 14.9. The van der Waals surface area contributed by atoms with Crippen LogP contribution in [0.5, 0.6) is 17.4 Å². The van der Waals surface area contributed by atoms with Crippen molar-refractivity contribution in [1.29, 1.82) is 0 Å². The predicted molar refractivity (Wildman–Crippen MR) is 146 cm³/mol. The number of anilines is 1. The Balaban J connectivity index is 1.55. The molecule has 1 atom stereocenters. The highest BCUT2D eigenvalue weighted by atomic mass is 16.5. The molecule has 2 aromatic carbocycles. The van der Waals surface area contributed by atoms with Crippen molar-refractivity contribution in [2.45, 2.75) is 32.4 Å². The summed E-state index contributed by atoms with van der Waals surface area (Å²) in [6, 6.07) is 12.9. The summed E-state index contributed by atoms with van der Waals surface area (Å²) in [6.45, 7) is 8.82. The van der Waals surface area contributed by atoms with E-state index >= 15 is 0 Å². The molecule has 0 saturated carbocycles. The van der Waals surface area contributed by atoms with Crippen molar-refractivity contribution in [3.63, 3.8) is 0 Å². The van der Waals surface area contributed by atoms with Crippen LogP contribution in [0.1, 0.15) is 31.1 Å². The van der Waals surface area contributed by atoms with Gasteiger partial charge in [0, 0.05) is 49.9 Å². The molecule has 10 heteroatoms. The first-order chi connectivity index (χ1) is 18.2. The number of aliphatic hydroxyl groups excluding tert-OH is 1. The molecule has 204 valence electrons. The summed E-state index contributed by atoms with van der Waals surface area (Å²) in [5.74, 6) is 1.94. The number of hydrogen-bond donors (Lipinski definition) is 2. The van der Waals surface area contributed by atoms with Gasteiger partial charge >= 0.3 is 0 Å². The third-order valence-electron chi connectivity index (χ3n) is 6.31. The second-order valence-electron chi connectivity index (χ2n) is 10.3. The summed E-state index contributed by atoms with van der Waals surface area (Å²) in [6.07, 6.45) is -0.727. The fraction of sp³-hybridized carbons (Fsp3) is 0.464. The Kier molecular flexibility index (Phi) is 8.53. The number of β-amino-alcohol motifs (C(OH)–C–C–N with tert-alkyl or cyclic N) is 1. The van der Waals surface area contributed by atoms with E-state index in [1.165, 1.54) is 0 Å². The summed E-state index contributed by atoms with van der Waals surface area (Å²) in [4.78, 5) is 26.3. The fourth-order valence-electron chi connectivity index (χ4n) is 4.20. The molecule has 2 heterocycles. The van der Waals surface area contributed by atoms with E-state index in [0.717, 1.165) is 0 Å². The maximum absolute atomic E-state index is 12.9. The first kappa shape index (κ1) is 27.4. The molecule has 1 aliphatic rings. The smallest absolute Gasteiger partial charge is 0.253 e. The first-order valence-electron chi connectivity index (χ1n) is 12.8. The van der Waals surface area contributed by atoms with Crippen molar-refractivity contribution in [2.24, 2.45) is 0 Å². The number of carbonyl (C=O) groups is 1. The number of aromatic nitrogens is 2. The minimum atomic E-state index is -0.727. The van der Waals surface area contributed by atoms with E-state index in [1.54, 1.807) is 26.4 Å². The van der Waals surface area contributed by atoms with Crippen molar-refractivity contribution in [3.8, 4) is 17.4 Å². The molecule has 1 aromatic heterocycles. The van der Waals surface area contributed by atoms with Crippen molar-refractivity contribution < 1.29 is 24.1 Å². The Hall–Kier alpha value is -3.63. The van der Waals surface area contributed by atoms with Crippen molar-refractivity contribution in [2.75, 3.05) is 58.5 Å². The van der Waals surface area contributed by atoms with Crippen LogP contribution in [0.25, 0.3) is 10.9 Å². The van der Waals surface area contributed by atoms with Crippen LogP contribution in [0.4, 0.5) is 5.95 Å². The zero-order valence-electron chi connectivity index (χ0n) is 22.7. The number of benzene rings is 2. The van der Waals surface area contributed by atoms with Gasteiger partial charge in [-0.25, -0.2) is 4.98 Å². The Morgan fingerprint density at radius 3 is 2.32 bits per heavy atom. The molecular formula is C28H37N5O5. The predicted octanol–water partition coefficient (Wildman–Crippen LogP) is 2.74. The summed E-state index contributed by atoms with van der Waals surface area (Å²) in [7, 11) is 3.14. The molecule has 1 amide bonds. The highest BCUT2D eigenvalue weighted by Crippen LogP contribution is 2.36. The van der Waals surface area contributed by atoms with Gasteiger partial charge in [0.15, 0.2) is 11.5 Å². The van der Waals surface area contributed by atoms with Gasteiger partial charge in [-0.1, -0.05) is 18.2 Å². The number of fused-ring (bicyclic) bond motifs is 1. The van der Waals surface area contributed by atoms with E-state index in [-0.39, 0.29) is 18.1 Å². The largest absolute Gasteiger partial charge is 0.493 e. The lowest BCUT2D eigenvalue weighted by molar-refractivity contribution is 0.0746. The van der Waals surface area contributed by atoms with Crippen molar-refractivity contribution in [1.82, 2.24) is 20.2 Å². The molecule has 0 radical (unpaired) electrons. The maximum Gasteiger partial charge on any atom is 0.253 e. The van der Waals surface area contributed by atoms with Gasteiger partial charge in [-0.15, -0.1) is 0 Å². The van der Waals surface area contributed by atoms with E-state index in [1.807, 2.05) is 60.9 Å². The second-order valence-corrected chi connectivity index (χ2v) is 10.3. The topological polar surface area (TPSA) is 109 Å². The van der Waals surface area contributed by atoms with Crippen molar-refractivity contribution >= 4 is 22.8 Å². The molecule has 0 spiro atoms. The van der Waals surface area contributed by atoms with E-state index in [4.69, 9.17) is 24.2 Å². The Bertz CT molecular complexity index is 1240. The molecule has 2 N–H and O–H groups in total. The Morgan fingerprint density at radius 2 is 1.68 bits per heavy atom. The minimum absolute atomic E-state index is 0.0170. The van der Waals surface area contributed by atoms with Gasteiger partial charge in [-0.3, -0.25) is 4.79 Å². The molecule has 1 aliphatic heterocycles. The van der Waals surface area contributed by atoms with Crippen LogP contribution in [0.3, 0.4) is 0 Å². The zero-order valence-corrected chi connectivity index (χ0v) is 22.7. The van der Waals surface area contributed by atoms with Gasteiger partial charge in [-0.05, 0) is 39.0 Å². The monoisotopic (exact) mass is 523 g/mol. The molecule has 3 aromatic rings. The zero-order chi connectivity index (χ0) is 27.3. The SMILES string of the molecule is COc1cc2nc(N3CCN(C(=O)c4ccccc4)CC3)nc(OCC(O)CNC(C)(C)C)c2cc1OC. The summed E-state index contributed by atoms with van der Waals surface area (Å²) < 4.78 is 17.0. The van der Waals surface area contributed by atoms with E-state index < -0.39 is 6.10 Å². The van der Waals surface area contributed by atoms with E-state index in [2.05, 4.69) is 5.32 Å². The van der Waals surface area contributed by atoms with E-state index in [0.29, 0.717) is 72.5 Å². The van der Waals surface area contributed by atoms with Gasteiger partial charge in [0.25, 0.3) is 5.91 Å². The highest BCUT2D eigenvalue weighted by Gasteiger charge is 2.25.